The Hall–Kier alpha value is -1.77. The molecule has 1 aromatic carbocycles. The Kier molecular flexibility index (Phi) is 4.58. The summed E-state index contributed by atoms with van der Waals surface area (Å²) in [5.74, 6) is -0.441. The van der Waals surface area contributed by atoms with Crippen molar-refractivity contribution in [3.63, 3.8) is 0 Å². The molecule has 0 saturated heterocycles. The average molecular weight is 218 g/mol. The fourth-order valence-electron chi connectivity index (χ4n) is 1.41. The molecular weight excluding hydrogens is 204 g/mol. The SMILES string of the molecule is CCCC(O)C(=[N+]=[N-])C(=O)c1ccccc1. The van der Waals surface area contributed by atoms with Gasteiger partial charge in [0.05, 0.1) is 0 Å². The van der Waals surface area contributed by atoms with E-state index >= 15 is 0 Å². The van der Waals surface area contributed by atoms with Crippen molar-refractivity contribution in [1.82, 2.24) is 0 Å². The highest BCUT2D eigenvalue weighted by Gasteiger charge is 2.29. The number of rotatable bonds is 5. The summed E-state index contributed by atoms with van der Waals surface area (Å²) in [4.78, 5) is 14.7. The smallest absolute Gasteiger partial charge is 0.367 e. The summed E-state index contributed by atoms with van der Waals surface area (Å²) in [6, 6.07) is 8.45. The third-order valence-corrected chi connectivity index (χ3v) is 2.25. The van der Waals surface area contributed by atoms with Gasteiger partial charge in [-0.1, -0.05) is 43.7 Å². The van der Waals surface area contributed by atoms with Crippen LogP contribution in [0.25, 0.3) is 5.53 Å². The van der Waals surface area contributed by atoms with E-state index in [2.05, 4.69) is 4.79 Å². The van der Waals surface area contributed by atoms with Gasteiger partial charge in [-0.3, -0.25) is 4.79 Å². The lowest BCUT2D eigenvalue weighted by Crippen LogP contribution is -2.29. The van der Waals surface area contributed by atoms with Gasteiger partial charge in [-0.05, 0) is 6.42 Å². The summed E-state index contributed by atoms with van der Waals surface area (Å²) in [6.07, 6.45) is 0.0999. The number of Topliss-reactive ketones (excluding diaryl/α,β-unsaturated/α-hetero) is 1. The van der Waals surface area contributed by atoms with E-state index < -0.39 is 11.9 Å². The highest BCUT2D eigenvalue weighted by Crippen LogP contribution is 2.05. The van der Waals surface area contributed by atoms with Gasteiger partial charge in [-0.15, -0.1) is 0 Å². The van der Waals surface area contributed by atoms with Gasteiger partial charge in [0.25, 0.3) is 5.78 Å². The van der Waals surface area contributed by atoms with Gasteiger partial charge in [0.2, 0.25) is 0 Å². The lowest BCUT2D eigenvalue weighted by atomic mass is 10.0. The van der Waals surface area contributed by atoms with E-state index in [1.165, 1.54) is 0 Å². The minimum Gasteiger partial charge on any atom is -0.381 e. The molecule has 0 aliphatic rings. The number of carbonyl (C=O) groups is 1. The summed E-state index contributed by atoms with van der Waals surface area (Å²) < 4.78 is 0. The van der Waals surface area contributed by atoms with Crippen LogP contribution in [-0.2, 0) is 0 Å². The molecule has 4 heteroatoms. The maximum absolute atomic E-state index is 11.8. The van der Waals surface area contributed by atoms with Crippen molar-refractivity contribution in [3.05, 3.63) is 41.4 Å². The standard InChI is InChI=1S/C12H14N2O2/c1-2-6-10(15)11(14-13)12(16)9-7-4-3-5-8-9/h3-5,7-8,10,15H,2,6H2,1H3. The topological polar surface area (TPSA) is 73.7 Å². The molecule has 1 rings (SSSR count). The summed E-state index contributed by atoms with van der Waals surface area (Å²) in [6.45, 7) is 1.88. The van der Waals surface area contributed by atoms with E-state index in [4.69, 9.17) is 5.53 Å². The van der Waals surface area contributed by atoms with Crippen molar-refractivity contribution in [1.29, 1.82) is 0 Å². The molecule has 0 radical (unpaired) electrons. The van der Waals surface area contributed by atoms with Crippen LogP contribution < -0.4 is 0 Å². The minimum absolute atomic E-state index is 0.201. The first-order valence-corrected chi connectivity index (χ1v) is 5.20. The Balaban J connectivity index is 2.92. The van der Waals surface area contributed by atoms with Crippen LogP contribution in [0.5, 0.6) is 0 Å². The fourth-order valence-corrected chi connectivity index (χ4v) is 1.41. The molecular formula is C12H14N2O2. The molecule has 0 spiro atoms. The maximum atomic E-state index is 11.8. The van der Waals surface area contributed by atoms with Crippen molar-refractivity contribution in [3.8, 4) is 0 Å². The van der Waals surface area contributed by atoms with Crippen molar-refractivity contribution >= 4 is 11.5 Å². The Morgan fingerprint density at radius 1 is 1.44 bits per heavy atom. The van der Waals surface area contributed by atoms with Gasteiger partial charge in [0.1, 0.15) is 0 Å². The minimum atomic E-state index is -1.01. The number of hydrogen-bond donors (Lipinski definition) is 1. The second-order valence-electron chi connectivity index (χ2n) is 3.48. The third-order valence-electron chi connectivity index (χ3n) is 2.25. The van der Waals surface area contributed by atoms with Gasteiger partial charge < -0.3 is 10.6 Å². The van der Waals surface area contributed by atoms with Crippen molar-refractivity contribution in [2.75, 3.05) is 0 Å². The molecule has 84 valence electrons. The molecule has 0 fully saturated rings. The number of carbonyl (C=O) groups excluding carboxylic acids is 1. The predicted molar refractivity (Wildman–Crippen MR) is 60.3 cm³/mol. The molecule has 1 aromatic rings. The molecule has 1 unspecified atom stereocenters. The predicted octanol–water partition coefficient (Wildman–Crippen LogP) is 1.70. The van der Waals surface area contributed by atoms with Gasteiger partial charge in [-0.2, -0.15) is 4.79 Å². The molecule has 0 aliphatic heterocycles. The summed E-state index contributed by atoms with van der Waals surface area (Å²) in [5.41, 5.74) is 8.97. The number of hydrogen-bond acceptors (Lipinski definition) is 2. The summed E-state index contributed by atoms with van der Waals surface area (Å²) in [7, 11) is 0. The zero-order valence-corrected chi connectivity index (χ0v) is 9.13. The van der Waals surface area contributed by atoms with E-state index in [9.17, 15) is 9.90 Å². The first-order chi connectivity index (χ1) is 7.70. The van der Waals surface area contributed by atoms with Gasteiger partial charge in [0.15, 0.2) is 6.10 Å². The van der Waals surface area contributed by atoms with Crippen LogP contribution in [0.4, 0.5) is 0 Å². The second kappa shape index (κ2) is 5.95. The number of aliphatic hydroxyl groups excluding tert-OH is 1. The third kappa shape index (κ3) is 2.86. The molecule has 0 bridgehead atoms. The number of nitrogens with zero attached hydrogens (tertiary/aromatic N) is 2. The Morgan fingerprint density at radius 3 is 2.56 bits per heavy atom. The first-order valence-electron chi connectivity index (χ1n) is 5.20. The molecule has 1 atom stereocenters. The van der Waals surface area contributed by atoms with Crippen LogP contribution in [0.1, 0.15) is 30.1 Å². The molecule has 0 aliphatic carbocycles. The van der Waals surface area contributed by atoms with E-state index in [1.54, 1.807) is 30.3 Å². The monoisotopic (exact) mass is 218 g/mol. The molecule has 0 aromatic heterocycles. The number of benzene rings is 1. The van der Waals surface area contributed by atoms with Crippen LogP contribution >= 0.6 is 0 Å². The quantitative estimate of drug-likeness (QED) is 0.353. The number of ketones is 1. The fraction of sp³-hybridized carbons (Fsp3) is 0.333. The van der Waals surface area contributed by atoms with E-state index in [1.807, 2.05) is 6.92 Å². The van der Waals surface area contributed by atoms with E-state index in [-0.39, 0.29) is 5.71 Å². The van der Waals surface area contributed by atoms with Crippen molar-refractivity contribution in [2.24, 2.45) is 0 Å². The highest BCUT2D eigenvalue weighted by molar-refractivity contribution is 6.45. The van der Waals surface area contributed by atoms with Crippen LogP contribution in [0.2, 0.25) is 0 Å². The zero-order valence-electron chi connectivity index (χ0n) is 9.13. The Labute approximate surface area is 94.2 Å². The molecule has 4 nitrogen and oxygen atoms in total. The van der Waals surface area contributed by atoms with Crippen LogP contribution in [0.15, 0.2) is 30.3 Å². The Bertz CT molecular complexity index is 408. The summed E-state index contributed by atoms with van der Waals surface area (Å²) in [5, 5.41) is 9.63. The lowest BCUT2D eigenvalue weighted by molar-refractivity contribution is -0.0217. The van der Waals surface area contributed by atoms with Gasteiger partial charge >= 0.3 is 5.71 Å². The first kappa shape index (κ1) is 12.3. The van der Waals surface area contributed by atoms with Gasteiger partial charge in [0, 0.05) is 5.56 Å². The van der Waals surface area contributed by atoms with Gasteiger partial charge in [-0.25, -0.2) is 0 Å². The second-order valence-corrected chi connectivity index (χ2v) is 3.48. The largest absolute Gasteiger partial charge is 0.381 e. The van der Waals surface area contributed by atoms with E-state index in [0.717, 1.165) is 0 Å². The normalized spacial score (nSPS) is 11.6. The van der Waals surface area contributed by atoms with Crippen LogP contribution in [0, 0.1) is 0 Å². The highest BCUT2D eigenvalue weighted by atomic mass is 16.3. The number of aliphatic hydroxyl groups is 1. The summed E-state index contributed by atoms with van der Waals surface area (Å²) >= 11 is 0. The lowest BCUT2D eigenvalue weighted by Gasteiger charge is -2.03. The Morgan fingerprint density at radius 2 is 2.06 bits per heavy atom. The van der Waals surface area contributed by atoms with Crippen molar-refractivity contribution < 1.29 is 14.7 Å². The molecule has 1 N–H and O–H groups in total. The van der Waals surface area contributed by atoms with Crippen LogP contribution in [0.3, 0.4) is 0 Å². The molecule has 0 amide bonds. The molecule has 0 heterocycles. The molecule has 16 heavy (non-hydrogen) atoms. The van der Waals surface area contributed by atoms with E-state index in [0.29, 0.717) is 18.4 Å². The molecule has 0 saturated carbocycles. The van der Waals surface area contributed by atoms with Crippen LogP contribution in [-0.4, -0.2) is 27.5 Å². The van der Waals surface area contributed by atoms with Crippen molar-refractivity contribution in [2.45, 2.75) is 25.9 Å². The maximum Gasteiger partial charge on any atom is 0.367 e. The zero-order chi connectivity index (χ0) is 12.0. The average Bonchev–Trinajstić information content (AvgIpc) is 2.31.